The van der Waals surface area contributed by atoms with E-state index in [0.717, 1.165) is 11.3 Å². The summed E-state index contributed by atoms with van der Waals surface area (Å²) < 4.78 is 1.78. The molecule has 0 aliphatic carbocycles. The minimum absolute atomic E-state index is 0.0626. The summed E-state index contributed by atoms with van der Waals surface area (Å²) >= 11 is 0. The summed E-state index contributed by atoms with van der Waals surface area (Å²) in [4.78, 5) is 0. The van der Waals surface area contributed by atoms with Crippen molar-refractivity contribution in [2.24, 2.45) is 12.9 Å². The van der Waals surface area contributed by atoms with Gasteiger partial charge in [0.05, 0.1) is 11.7 Å². The average molecular weight is 244 g/mol. The average Bonchev–Trinajstić information content (AvgIpc) is 2.77. The standard InChI is InChI=1S/C14H20N4/c1-10(2)11-4-6-12(7-5-11)14(16-15)13-8-9-18(3)17-13/h4-10,14,16H,15H2,1-3H3. The largest absolute Gasteiger partial charge is 0.275 e. The molecule has 1 heterocycles. The van der Waals surface area contributed by atoms with Gasteiger partial charge in [0.15, 0.2) is 0 Å². The van der Waals surface area contributed by atoms with Crippen LogP contribution in [0.1, 0.15) is 42.6 Å². The number of rotatable bonds is 4. The molecule has 3 N–H and O–H groups in total. The Bertz CT molecular complexity index is 499. The van der Waals surface area contributed by atoms with Crippen LogP contribution in [-0.2, 0) is 7.05 Å². The van der Waals surface area contributed by atoms with Crippen LogP contribution >= 0.6 is 0 Å². The zero-order valence-electron chi connectivity index (χ0n) is 11.1. The smallest absolute Gasteiger partial charge is 0.0899 e. The fraction of sp³-hybridized carbons (Fsp3) is 0.357. The molecule has 0 saturated carbocycles. The van der Waals surface area contributed by atoms with Crippen molar-refractivity contribution < 1.29 is 0 Å². The minimum Gasteiger partial charge on any atom is -0.275 e. The van der Waals surface area contributed by atoms with Crippen LogP contribution in [0.25, 0.3) is 0 Å². The Kier molecular flexibility index (Phi) is 3.79. The second-order valence-electron chi connectivity index (χ2n) is 4.84. The van der Waals surface area contributed by atoms with Gasteiger partial charge in [-0.15, -0.1) is 0 Å². The monoisotopic (exact) mass is 244 g/mol. The highest BCUT2D eigenvalue weighted by Crippen LogP contribution is 2.22. The van der Waals surface area contributed by atoms with Crippen LogP contribution in [0.2, 0.25) is 0 Å². The normalized spacial score (nSPS) is 12.9. The van der Waals surface area contributed by atoms with Gasteiger partial charge in [-0.2, -0.15) is 5.10 Å². The third-order valence-electron chi connectivity index (χ3n) is 3.13. The number of aryl methyl sites for hydroxylation is 1. The highest BCUT2D eigenvalue weighted by atomic mass is 15.3. The molecule has 0 radical (unpaired) electrons. The van der Waals surface area contributed by atoms with E-state index >= 15 is 0 Å². The van der Waals surface area contributed by atoms with E-state index in [1.165, 1.54) is 5.56 Å². The number of aromatic nitrogens is 2. The molecule has 2 aromatic rings. The number of hydrogen-bond acceptors (Lipinski definition) is 3. The Morgan fingerprint density at radius 1 is 1.11 bits per heavy atom. The summed E-state index contributed by atoms with van der Waals surface area (Å²) in [7, 11) is 1.90. The van der Waals surface area contributed by atoms with Gasteiger partial charge in [0, 0.05) is 13.2 Å². The van der Waals surface area contributed by atoms with E-state index in [9.17, 15) is 0 Å². The summed E-state index contributed by atoms with van der Waals surface area (Å²) in [5.41, 5.74) is 6.20. The molecule has 1 aromatic heterocycles. The maximum atomic E-state index is 5.64. The zero-order chi connectivity index (χ0) is 13.1. The molecule has 0 fully saturated rings. The summed E-state index contributed by atoms with van der Waals surface area (Å²) in [5.74, 6) is 6.18. The van der Waals surface area contributed by atoms with Crippen molar-refractivity contribution in [3.05, 3.63) is 53.3 Å². The molecule has 96 valence electrons. The van der Waals surface area contributed by atoms with Gasteiger partial charge in [0.1, 0.15) is 0 Å². The molecule has 1 unspecified atom stereocenters. The third kappa shape index (κ3) is 2.60. The predicted molar refractivity (Wildman–Crippen MR) is 72.9 cm³/mol. The van der Waals surface area contributed by atoms with Crippen molar-refractivity contribution in [3.8, 4) is 0 Å². The van der Waals surface area contributed by atoms with Gasteiger partial charge in [-0.3, -0.25) is 10.5 Å². The fourth-order valence-electron chi connectivity index (χ4n) is 2.01. The fourth-order valence-corrected chi connectivity index (χ4v) is 2.01. The number of hydrogen-bond donors (Lipinski definition) is 2. The van der Waals surface area contributed by atoms with Crippen molar-refractivity contribution in [3.63, 3.8) is 0 Å². The Labute approximate surface area is 108 Å². The van der Waals surface area contributed by atoms with Crippen molar-refractivity contribution in [2.75, 3.05) is 0 Å². The van der Waals surface area contributed by atoms with Gasteiger partial charge in [-0.25, -0.2) is 5.43 Å². The van der Waals surface area contributed by atoms with Crippen LogP contribution in [0.15, 0.2) is 36.5 Å². The van der Waals surface area contributed by atoms with E-state index in [4.69, 9.17) is 5.84 Å². The van der Waals surface area contributed by atoms with Crippen molar-refractivity contribution in [2.45, 2.75) is 25.8 Å². The van der Waals surface area contributed by atoms with Crippen LogP contribution in [0.4, 0.5) is 0 Å². The topological polar surface area (TPSA) is 55.9 Å². The number of benzene rings is 1. The quantitative estimate of drug-likeness (QED) is 0.639. The van der Waals surface area contributed by atoms with E-state index in [1.54, 1.807) is 4.68 Å². The van der Waals surface area contributed by atoms with Gasteiger partial charge < -0.3 is 0 Å². The van der Waals surface area contributed by atoms with E-state index < -0.39 is 0 Å². The maximum absolute atomic E-state index is 5.64. The van der Waals surface area contributed by atoms with Gasteiger partial charge in [-0.1, -0.05) is 38.1 Å². The van der Waals surface area contributed by atoms with E-state index in [2.05, 4.69) is 48.6 Å². The minimum atomic E-state index is -0.0626. The Morgan fingerprint density at radius 2 is 1.72 bits per heavy atom. The van der Waals surface area contributed by atoms with Crippen LogP contribution in [-0.4, -0.2) is 9.78 Å². The molecule has 0 bridgehead atoms. The molecular formula is C14H20N4. The number of nitrogens with zero attached hydrogens (tertiary/aromatic N) is 2. The third-order valence-corrected chi connectivity index (χ3v) is 3.13. The Morgan fingerprint density at radius 3 is 2.17 bits per heavy atom. The van der Waals surface area contributed by atoms with Crippen molar-refractivity contribution >= 4 is 0 Å². The zero-order valence-corrected chi connectivity index (χ0v) is 11.1. The predicted octanol–water partition coefficient (Wildman–Crippen LogP) is 2.10. The van der Waals surface area contributed by atoms with E-state index in [1.807, 2.05) is 19.3 Å². The highest BCUT2D eigenvalue weighted by molar-refractivity contribution is 5.31. The summed E-state index contributed by atoms with van der Waals surface area (Å²) in [6.45, 7) is 4.37. The first-order valence-electron chi connectivity index (χ1n) is 6.17. The second-order valence-corrected chi connectivity index (χ2v) is 4.84. The molecule has 1 atom stereocenters. The first kappa shape index (κ1) is 12.8. The molecule has 4 heteroatoms. The Hall–Kier alpha value is -1.65. The summed E-state index contributed by atoms with van der Waals surface area (Å²) in [6.07, 6.45) is 1.92. The number of hydrazine groups is 1. The molecular weight excluding hydrogens is 224 g/mol. The SMILES string of the molecule is CC(C)c1ccc(C(NN)c2ccn(C)n2)cc1. The highest BCUT2D eigenvalue weighted by Gasteiger charge is 2.14. The first-order chi connectivity index (χ1) is 8.61. The summed E-state index contributed by atoms with van der Waals surface area (Å²) in [5, 5.41) is 4.39. The molecule has 0 aliphatic rings. The molecule has 1 aromatic carbocycles. The lowest BCUT2D eigenvalue weighted by Gasteiger charge is -2.15. The number of nitrogens with two attached hydrogens (primary N) is 1. The lowest BCUT2D eigenvalue weighted by atomic mass is 9.98. The molecule has 0 aliphatic heterocycles. The molecule has 0 saturated heterocycles. The molecule has 4 nitrogen and oxygen atoms in total. The first-order valence-corrected chi connectivity index (χ1v) is 6.17. The van der Waals surface area contributed by atoms with E-state index in [0.29, 0.717) is 5.92 Å². The van der Waals surface area contributed by atoms with Crippen LogP contribution in [0, 0.1) is 0 Å². The van der Waals surface area contributed by atoms with E-state index in [-0.39, 0.29) is 6.04 Å². The number of nitrogens with one attached hydrogen (secondary N) is 1. The lowest BCUT2D eigenvalue weighted by molar-refractivity contribution is 0.603. The van der Waals surface area contributed by atoms with Crippen molar-refractivity contribution in [1.82, 2.24) is 15.2 Å². The molecule has 0 amide bonds. The van der Waals surface area contributed by atoms with Gasteiger partial charge in [-0.05, 0) is 23.1 Å². The van der Waals surface area contributed by atoms with Gasteiger partial charge >= 0.3 is 0 Å². The lowest BCUT2D eigenvalue weighted by Crippen LogP contribution is -2.29. The second kappa shape index (κ2) is 5.33. The van der Waals surface area contributed by atoms with Crippen molar-refractivity contribution in [1.29, 1.82) is 0 Å². The van der Waals surface area contributed by atoms with Crippen LogP contribution in [0.5, 0.6) is 0 Å². The van der Waals surface area contributed by atoms with Crippen LogP contribution < -0.4 is 11.3 Å². The van der Waals surface area contributed by atoms with Gasteiger partial charge in [0.2, 0.25) is 0 Å². The Balaban J connectivity index is 2.28. The molecule has 0 spiro atoms. The molecule has 2 rings (SSSR count). The van der Waals surface area contributed by atoms with Gasteiger partial charge in [0.25, 0.3) is 0 Å². The molecule has 18 heavy (non-hydrogen) atoms. The van der Waals surface area contributed by atoms with Crippen LogP contribution in [0.3, 0.4) is 0 Å². The maximum Gasteiger partial charge on any atom is 0.0899 e. The summed E-state index contributed by atoms with van der Waals surface area (Å²) in [6, 6.07) is 10.4.